The lowest BCUT2D eigenvalue weighted by Gasteiger charge is -2.16. The summed E-state index contributed by atoms with van der Waals surface area (Å²) < 4.78 is 5.74. The van der Waals surface area contributed by atoms with Gasteiger partial charge in [-0.15, -0.1) is 0 Å². The molecule has 2 unspecified atom stereocenters. The lowest BCUT2D eigenvalue weighted by Crippen LogP contribution is -2.20. The zero-order chi connectivity index (χ0) is 6.54. The molecule has 0 aromatic heterocycles. The monoisotopic (exact) mass is 124 g/mol. The first kappa shape index (κ1) is 5.48. The van der Waals surface area contributed by atoms with Crippen molar-refractivity contribution in [2.45, 2.75) is 37.9 Å². The highest BCUT2D eigenvalue weighted by Gasteiger charge is 2.45. The molecule has 0 amide bonds. The molecule has 50 valence electrons. The second kappa shape index (κ2) is 1.24. The maximum atomic E-state index is 5.74. The molecule has 2 atom stereocenters. The molecular formula is C8H12O. The van der Waals surface area contributed by atoms with Crippen molar-refractivity contribution in [3.05, 3.63) is 12.2 Å². The van der Waals surface area contributed by atoms with Crippen molar-refractivity contribution in [3.63, 3.8) is 0 Å². The normalized spacial score (nSPS) is 54.9. The highest BCUT2D eigenvalue weighted by Crippen LogP contribution is 2.44. The highest BCUT2D eigenvalue weighted by molar-refractivity contribution is 5.20. The van der Waals surface area contributed by atoms with Gasteiger partial charge >= 0.3 is 0 Å². The highest BCUT2D eigenvalue weighted by atomic mass is 16.5. The van der Waals surface area contributed by atoms with Crippen LogP contribution in [0.3, 0.4) is 0 Å². The van der Waals surface area contributed by atoms with E-state index in [4.69, 9.17) is 4.74 Å². The van der Waals surface area contributed by atoms with Gasteiger partial charge in [-0.25, -0.2) is 0 Å². The van der Waals surface area contributed by atoms with Crippen LogP contribution in [0, 0.1) is 0 Å². The zero-order valence-corrected chi connectivity index (χ0v) is 5.98. The molecule has 1 saturated heterocycles. The molecular weight excluding hydrogens is 112 g/mol. The molecule has 2 bridgehead atoms. The van der Waals surface area contributed by atoms with Crippen molar-refractivity contribution in [2.24, 2.45) is 0 Å². The average Bonchev–Trinajstić information content (AvgIpc) is 2.19. The molecule has 0 aromatic rings. The van der Waals surface area contributed by atoms with Gasteiger partial charge in [0.1, 0.15) is 0 Å². The maximum absolute atomic E-state index is 5.74. The summed E-state index contributed by atoms with van der Waals surface area (Å²) in [6.45, 7) is 4.31. The topological polar surface area (TPSA) is 9.23 Å². The Hall–Kier alpha value is -0.300. The van der Waals surface area contributed by atoms with E-state index in [0.717, 1.165) is 0 Å². The molecule has 1 nitrogen and oxygen atoms in total. The summed E-state index contributed by atoms with van der Waals surface area (Å²) >= 11 is 0. The number of rotatable bonds is 0. The van der Waals surface area contributed by atoms with Crippen molar-refractivity contribution in [2.75, 3.05) is 0 Å². The van der Waals surface area contributed by atoms with Gasteiger partial charge in [0.25, 0.3) is 0 Å². The van der Waals surface area contributed by atoms with E-state index in [1.54, 1.807) is 0 Å². The van der Waals surface area contributed by atoms with E-state index in [1.807, 2.05) is 0 Å². The summed E-state index contributed by atoms with van der Waals surface area (Å²) in [4.78, 5) is 0. The Bertz CT molecular complexity index is 155. The lowest BCUT2D eigenvalue weighted by molar-refractivity contribution is -0.0102. The smallest absolute Gasteiger partial charge is 0.0848 e. The van der Waals surface area contributed by atoms with Gasteiger partial charge in [-0.2, -0.15) is 0 Å². The molecule has 0 aromatic carbocycles. The standard InChI is InChI=1S/C8H12O/c1-7-3-5-8(2,9-7)6-4-7/h3,5H,4,6H2,1-2H3. The van der Waals surface area contributed by atoms with Gasteiger partial charge in [0.2, 0.25) is 0 Å². The Morgan fingerprint density at radius 3 is 1.67 bits per heavy atom. The first-order chi connectivity index (χ1) is 4.12. The van der Waals surface area contributed by atoms with E-state index in [9.17, 15) is 0 Å². The van der Waals surface area contributed by atoms with Crippen LogP contribution in [0.2, 0.25) is 0 Å². The summed E-state index contributed by atoms with van der Waals surface area (Å²) in [7, 11) is 0. The summed E-state index contributed by atoms with van der Waals surface area (Å²) in [5, 5.41) is 0. The Balaban J connectivity index is 2.37. The number of hydrogen-bond acceptors (Lipinski definition) is 1. The van der Waals surface area contributed by atoms with Gasteiger partial charge < -0.3 is 4.74 Å². The average molecular weight is 124 g/mol. The number of hydrogen-bond donors (Lipinski definition) is 0. The Labute approximate surface area is 55.7 Å². The minimum atomic E-state index is 0.0920. The van der Waals surface area contributed by atoms with E-state index in [1.165, 1.54) is 12.8 Å². The second-order valence-corrected chi connectivity index (χ2v) is 3.56. The third kappa shape index (κ3) is 0.645. The molecule has 9 heavy (non-hydrogen) atoms. The molecule has 0 aliphatic carbocycles. The Morgan fingerprint density at radius 2 is 1.56 bits per heavy atom. The Morgan fingerprint density at radius 1 is 1.11 bits per heavy atom. The fraction of sp³-hybridized carbons (Fsp3) is 0.750. The van der Waals surface area contributed by atoms with Gasteiger partial charge in [0.05, 0.1) is 11.2 Å². The zero-order valence-electron chi connectivity index (χ0n) is 5.98. The van der Waals surface area contributed by atoms with Gasteiger partial charge in [-0.3, -0.25) is 0 Å². The molecule has 1 heteroatoms. The van der Waals surface area contributed by atoms with Crippen LogP contribution < -0.4 is 0 Å². The van der Waals surface area contributed by atoms with Crippen LogP contribution in [-0.4, -0.2) is 11.2 Å². The van der Waals surface area contributed by atoms with E-state index >= 15 is 0 Å². The minimum absolute atomic E-state index is 0.0920. The molecule has 0 N–H and O–H groups in total. The van der Waals surface area contributed by atoms with Crippen molar-refractivity contribution >= 4 is 0 Å². The second-order valence-electron chi connectivity index (χ2n) is 3.56. The predicted octanol–water partition coefficient (Wildman–Crippen LogP) is 1.88. The molecule has 2 aliphatic heterocycles. The van der Waals surface area contributed by atoms with Crippen LogP contribution in [0.15, 0.2) is 12.2 Å². The van der Waals surface area contributed by atoms with Crippen LogP contribution >= 0.6 is 0 Å². The van der Waals surface area contributed by atoms with Crippen LogP contribution in [0.4, 0.5) is 0 Å². The predicted molar refractivity (Wildman–Crippen MR) is 36.3 cm³/mol. The van der Waals surface area contributed by atoms with Crippen LogP contribution in [0.25, 0.3) is 0 Å². The molecule has 2 heterocycles. The SMILES string of the molecule is CC12C=CC(C)(CC1)O2. The maximum Gasteiger partial charge on any atom is 0.0848 e. The van der Waals surface area contributed by atoms with E-state index < -0.39 is 0 Å². The van der Waals surface area contributed by atoms with Crippen LogP contribution in [-0.2, 0) is 4.74 Å². The van der Waals surface area contributed by atoms with Gasteiger partial charge in [0.15, 0.2) is 0 Å². The molecule has 0 spiro atoms. The molecule has 0 saturated carbocycles. The summed E-state index contributed by atoms with van der Waals surface area (Å²) in [5.74, 6) is 0. The third-order valence-electron chi connectivity index (χ3n) is 2.37. The summed E-state index contributed by atoms with van der Waals surface area (Å²) in [5.41, 5.74) is 0.184. The van der Waals surface area contributed by atoms with Crippen molar-refractivity contribution in [1.29, 1.82) is 0 Å². The van der Waals surface area contributed by atoms with E-state index in [-0.39, 0.29) is 11.2 Å². The van der Waals surface area contributed by atoms with Gasteiger partial charge in [-0.1, -0.05) is 12.2 Å². The largest absolute Gasteiger partial charge is 0.361 e. The quantitative estimate of drug-likeness (QED) is 0.448. The molecule has 2 rings (SSSR count). The third-order valence-corrected chi connectivity index (χ3v) is 2.37. The molecule has 2 aliphatic rings. The molecule has 0 radical (unpaired) electrons. The van der Waals surface area contributed by atoms with E-state index in [2.05, 4.69) is 26.0 Å². The van der Waals surface area contributed by atoms with Crippen molar-refractivity contribution in [1.82, 2.24) is 0 Å². The lowest BCUT2D eigenvalue weighted by atomic mass is 9.91. The van der Waals surface area contributed by atoms with Crippen molar-refractivity contribution in [3.8, 4) is 0 Å². The Kier molecular flexibility index (Phi) is 0.755. The first-order valence-electron chi connectivity index (χ1n) is 3.53. The molecule has 1 fully saturated rings. The number of ether oxygens (including phenoxy) is 1. The minimum Gasteiger partial charge on any atom is -0.361 e. The van der Waals surface area contributed by atoms with Gasteiger partial charge in [-0.05, 0) is 26.7 Å². The fourth-order valence-corrected chi connectivity index (χ4v) is 1.72. The van der Waals surface area contributed by atoms with Gasteiger partial charge in [0, 0.05) is 0 Å². The number of fused-ring (bicyclic) bond motifs is 2. The summed E-state index contributed by atoms with van der Waals surface area (Å²) in [6.07, 6.45) is 6.77. The van der Waals surface area contributed by atoms with Crippen LogP contribution in [0.1, 0.15) is 26.7 Å². The summed E-state index contributed by atoms with van der Waals surface area (Å²) in [6, 6.07) is 0. The van der Waals surface area contributed by atoms with Crippen LogP contribution in [0.5, 0.6) is 0 Å². The first-order valence-corrected chi connectivity index (χ1v) is 3.53. The fourth-order valence-electron chi connectivity index (χ4n) is 1.72. The van der Waals surface area contributed by atoms with E-state index in [0.29, 0.717) is 0 Å². The van der Waals surface area contributed by atoms with Crippen molar-refractivity contribution < 1.29 is 4.74 Å².